The van der Waals surface area contributed by atoms with Crippen LogP contribution < -0.4 is 5.32 Å². The summed E-state index contributed by atoms with van der Waals surface area (Å²) in [4.78, 5) is 8.20. The summed E-state index contributed by atoms with van der Waals surface area (Å²) >= 11 is 3.27. The van der Waals surface area contributed by atoms with Crippen LogP contribution in [0.15, 0.2) is 16.9 Å². The summed E-state index contributed by atoms with van der Waals surface area (Å²) in [6.45, 7) is 2.24. The van der Waals surface area contributed by atoms with Crippen molar-refractivity contribution in [2.24, 2.45) is 0 Å². The van der Waals surface area contributed by atoms with Crippen molar-refractivity contribution in [2.75, 3.05) is 11.9 Å². The van der Waals surface area contributed by atoms with Gasteiger partial charge in [0.1, 0.15) is 0 Å². The highest BCUT2D eigenvalue weighted by atomic mass is 79.9. The first-order chi connectivity index (χ1) is 6.76. The van der Waals surface area contributed by atoms with Crippen molar-refractivity contribution in [3.05, 3.63) is 16.9 Å². The number of nitrogens with one attached hydrogen (secondary N) is 1. The lowest BCUT2D eigenvalue weighted by atomic mass is 10.2. The van der Waals surface area contributed by atoms with Crippen molar-refractivity contribution in [1.82, 2.24) is 9.97 Å². The summed E-state index contributed by atoms with van der Waals surface area (Å²) in [6.07, 6.45) is 5.05. The van der Waals surface area contributed by atoms with E-state index in [0.29, 0.717) is 5.95 Å². The average Bonchev–Trinajstić information content (AvgIpc) is 2.20. The van der Waals surface area contributed by atoms with Crippen LogP contribution in [-0.2, 0) is 0 Å². The van der Waals surface area contributed by atoms with Crippen molar-refractivity contribution < 1.29 is 5.11 Å². The summed E-state index contributed by atoms with van der Waals surface area (Å²) in [6, 6.07) is 0.237. The van der Waals surface area contributed by atoms with E-state index < -0.39 is 0 Å². The monoisotopic (exact) mass is 259 g/mol. The van der Waals surface area contributed by atoms with Crippen LogP contribution in [0.2, 0.25) is 0 Å². The molecule has 0 amide bonds. The second kappa shape index (κ2) is 5.93. The zero-order valence-electron chi connectivity index (χ0n) is 8.07. The fraction of sp³-hybridized carbons (Fsp3) is 0.556. The van der Waals surface area contributed by atoms with Gasteiger partial charge in [-0.05, 0) is 28.8 Å². The molecule has 5 heteroatoms. The number of rotatable bonds is 5. The summed E-state index contributed by atoms with van der Waals surface area (Å²) in [5.41, 5.74) is 0. The summed E-state index contributed by atoms with van der Waals surface area (Å²) in [5, 5.41) is 12.0. The smallest absolute Gasteiger partial charge is 0.222 e. The molecule has 0 bridgehead atoms. The number of aliphatic hydroxyl groups excluding tert-OH is 1. The van der Waals surface area contributed by atoms with Gasteiger partial charge in [0, 0.05) is 25.0 Å². The zero-order valence-corrected chi connectivity index (χ0v) is 9.66. The maximum absolute atomic E-state index is 8.80. The maximum Gasteiger partial charge on any atom is 0.222 e. The molecule has 0 aromatic carbocycles. The van der Waals surface area contributed by atoms with Gasteiger partial charge < -0.3 is 10.4 Å². The lowest BCUT2D eigenvalue weighted by Gasteiger charge is -2.14. The van der Waals surface area contributed by atoms with E-state index in [4.69, 9.17) is 5.11 Å². The molecule has 4 nitrogen and oxygen atoms in total. The minimum Gasteiger partial charge on any atom is -0.396 e. The number of nitrogens with zero attached hydrogens (tertiary/aromatic N) is 2. The number of anilines is 1. The topological polar surface area (TPSA) is 58.0 Å². The Hall–Kier alpha value is -0.680. The van der Waals surface area contributed by atoms with E-state index >= 15 is 0 Å². The van der Waals surface area contributed by atoms with Gasteiger partial charge in [-0.2, -0.15) is 0 Å². The Kier molecular flexibility index (Phi) is 4.82. The lowest BCUT2D eigenvalue weighted by Crippen LogP contribution is -2.21. The standard InChI is InChI=1S/C9H14BrN3O/c1-2-8(3-4-14)13-9-11-5-7(10)6-12-9/h5-6,8,14H,2-4H2,1H3,(H,11,12,13). The van der Waals surface area contributed by atoms with Gasteiger partial charge in [-0.25, -0.2) is 9.97 Å². The van der Waals surface area contributed by atoms with Gasteiger partial charge in [0.15, 0.2) is 0 Å². The van der Waals surface area contributed by atoms with Crippen molar-refractivity contribution in [3.63, 3.8) is 0 Å². The molecule has 0 fully saturated rings. The van der Waals surface area contributed by atoms with E-state index in [2.05, 4.69) is 38.1 Å². The number of aromatic nitrogens is 2. The predicted octanol–water partition coefficient (Wildman–Crippen LogP) is 1.81. The van der Waals surface area contributed by atoms with Crippen molar-refractivity contribution in [3.8, 4) is 0 Å². The highest BCUT2D eigenvalue weighted by Crippen LogP contribution is 2.09. The van der Waals surface area contributed by atoms with Crippen LogP contribution in [0.25, 0.3) is 0 Å². The molecule has 1 unspecified atom stereocenters. The van der Waals surface area contributed by atoms with E-state index in [1.54, 1.807) is 12.4 Å². The third kappa shape index (κ3) is 3.59. The molecule has 78 valence electrons. The van der Waals surface area contributed by atoms with E-state index in [-0.39, 0.29) is 12.6 Å². The van der Waals surface area contributed by atoms with E-state index in [9.17, 15) is 0 Å². The Balaban J connectivity index is 2.53. The van der Waals surface area contributed by atoms with Crippen LogP contribution in [0.4, 0.5) is 5.95 Å². The average molecular weight is 260 g/mol. The van der Waals surface area contributed by atoms with Gasteiger partial charge in [-0.3, -0.25) is 0 Å². The Labute approximate surface area is 91.9 Å². The normalized spacial score (nSPS) is 12.5. The fourth-order valence-corrected chi connectivity index (χ4v) is 1.31. The molecule has 0 aliphatic rings. The Morgan fingerprint density at radius 3 is 2.64 bits per heavy atom. The quantitative estimate of drug-likeness (QED) is 0.847. The molecule has 0 radical (unpaired) electrons. The van der Waals surface area contributed by atoms with Crippen LogP contribution in [0.3, 0.4) is 0 Å². The predicted molar refractivity (Wildman–Crippen MR) is 59.1 cm³/mol. The molecule has 1 heterocycles. The van der Waals surface area contributed by atoms with E-state index in [1.165, 1.54) is 0 Å². The SMILES string of the molecule is CCC(CCO)Nc1ncc(Br)cn1. The molecule has 0 saturated carbocycles. The first-order valence-electron chi connectivity index (χ1n) is 4.61. The van der Waals surface area contributed by atoms with Crippen LogP contribution >= 0.6 is 15.9 Å². The molecule has 1 atom stereocenters. The lowest BCUT2D eigenvalue weighted by molar-refractivity contribution is 0.278. The Morgan fingerprint density at radius 2 is 2.14 bits per heavy atom. The number of hydrogen-bond acceptors (Lipinski definition) is 4. The largest absolute Gasteiger partial charge is 0.396 e. The number of aliphatic hydroxyl groups is 1. The molecule has 0 aliphatic carbocycles. The van der Waals surface area contributed by atoms with Gasteiger partial charge in [-0.15, -0.1) is 0 Å². The van der Waals surface area contributed by atoms with E-state index in [1.807, 2.05) is 0 Å². The van der Waals surface area contributed by atoms with E-state index in [0.717, 1.165) is 17.3 Å². The van der Waals surface area contributed by atoms with Gasteiger partial charge in [0.05, 0.1) is 4.47 Å². The maximum atomic E-state index is 8.80. The second-order valence-electron chi connectivity index (χ2n) is 2.99. The summed E-state index contributed by atoms with van der Waals surface area (Å²) < 4.78 is 0.859. The van der Waals surface area contributed by atoms with Crippen molar-refractivity contribution in [2.45, 2.75) is 25.8 Å². The molecular weight excluding hydrogens is 246 g/mol. The molecule has 1 rings (SSSR count). The number of hydrogen-bond donors (Lipinski definition) is 2. The summed E-state index contributed by atoms with van der Waals surface area (Å²) in [7, 11) is 0. The third-order valence-corrected chi connectivity index (χ3v) is 2.33. The fourth-order valence-electron chi connectivity index (χ4n) is 1.10. The van der Waals surface area contributed by atoms with Gasteiger partial charge in [-0.1, -0.05) is 6.92 Å². The van der Waals surface area contributed by atoms with Gasteiger partial charge in [0.2, 0.25) is 5.95 Å². The van der Waals surface area contributed by atoms with Crippen LogP contribution in [-0.4, -0.2) is 27.7 Å². The molecule has 0 spiro atoms. The Morgan fingerprint density at radius 1 is 1.50 bits per heavy atom. The van der Waals surface area contributed by atoms with Gasteiger partial charge >= 0.3 is 0 Å². The molecular formula is C9H14BrN3O. The summed E-state index contributed by atoms with van der Waals surface area (Å²) in [5.74, 6) is 0.605. The zero-order chi connectivity index (χ0) is 10.4. The molecule has 2 N–H and O–H groups in total. The molecule has 0 saturated heterocycles. The highest BCUT2D eigenvalue weighted by Gasteiger charge is 2.06. The van der Waals surface area contributed by atoms with Gasteiger partial charge in [0.25, 0.3) is 0 Å². The van der Waals surface area contributed by atoms with Crippen LogP contribution in [0, 0.1) is 0 Å². The first kappa shape index (κ1) is 11.4. The minimum atomic E-state index is 0.183. The molecule has 1 aromatic rings. The van der Waals surface area contributed by atoms with Crippen LogP contribution in [0.1, 0.15) is 19.8 Å². The number of halogens is 1. The first-order valence-corrected chi connectivity index (χ1v) is 5.40. The van der Waals surface area contributed by atoms with Crippen molar-refractivity contribution in [1.29, 1.82) is 0 Å². The minimum absolute atomic E-state index is 0.183. The van der Waals surface area contributed by atoms with Crippen molar-refractivity contribution >= 4 is 21.9 Å². The third-order valence-electron chi connectivity index (χ3n) is 1.92. The van der Waals surface area contributed by atoms with Crippen LogP contribution in [0.5, 0.6) is 0 Å². The molecule has 1 aromatic heterocycles. The second-order valence-corrected chi connectivity index (χ2v) is 3.90. The molecule has 14 heavy (non-hydrogen) atoms. The molecule has 0 aliphatic heterocycles. The highest BCUT2D eigenvalue weighted by molar-refractivity contribution is 9.10. The Bertz CT molecular complexity index is 265.